The summed E-state index contributed by atoms with van der Waals surface area (Å²) in [5.74, 6) is 0.235. The molecule has 0 aliphatic carbocycles. The van der Waals surface area contributed by atoms with Crippen molar-refractivity contribution in [3.63, 3.8) is 0 Å². The summed E-state index contributed by atoms with van der Waals surface area (Å²) in [6.45, 7) is 6.14. The maximum absolute atomic E-state index is 13.5. The van der Waals surface area contributed by atoms with Crippen LogP contribution in [0, 0.1) is 5.13 Å². The summed E-state index contributed by atoms with van der Waals surface area (Å²) in [5, 5.41) is 12.4. The fraction of sp³-hybridized carbons (Fsp3) is 0.318. The summed E-state index contributed by atoms with van der Waals surface area (Å²) < 4.78 is 13.5. The average Bonchev–Trinajstić information content (AvgIpc) is 3.15. The highest BCUT2D eigenvalue weighted by atomic mass is 32.1. The Morgan fingerprint density at radius 2 is 1.93 bits per heavy atom. The van der Waals surface area contributed by atoms with Gasteiger partial charge in [0.1, 0.15) is 5.82 Å². The fourth-order valence-corrected chi connectivity index (χ4v) is 3.96. The lowest BCUT2D eigenvalue weighted by Crippen LogP contribution is -2.08. The molecule has 0 aliphatic heterocycles. The zero-order chi connectivity index (χ0) is 21.0. The monoisotopic (exact) mass is 413 g/mol. The van der Waals surface area contributed by atoms with Crippen LogP contribution in [-0.2, 0) is 19.3 Å². The molecule has 152 valence electrons. The lowest BCUT2D eigenvalue weighted by molar-refractivity contribution is 0.0697. The van der Waals surface area contributed by atoms with Gasteiger partial charge in [-0.1, -0.05) is 27.2 Å². The number of rotatable bonds is 8. The molecule has 7 heteroatoms. The summed E-state index contributed by atoms with van der Waals surface area (Å²) in [4.78, 5) is 21.4. The molecule has 0 unspecified atom stereocenters. The Morgan fingerprint density at radius 3 is 2.52 bits per heavy atom. The molecule has 0 spiro atoms. The standard InChI is InChI=1S/C22H24FN3O2S/c1-4-7-13-12-14(22(27)28)8-9-17(13)25-20-15(5-2)16(6-3)24-21(26-20)18-10-11-19(23)29-18/h8-12H,4-7H2,1-3H3,(H,27,28)(H,24,25,26). The predicted octanol–water partition coefficient (Wildman–Crippen LogP) is 5.86. The molecular formula is C22H24FN3O2S. The highest BCUT2D eigenvalue weighted by Gasteiger charge is 2.16. The van der Waals surface area contributed by atoms with Gasteiger partial charge in [-0.05, 0) is 55.2 Å². The number of nitrogens with zero attached hydrogens (tertiary/aromatic N) is 2. The van der Waals surface area contributed by atoms with Crippen LogP contribution in [0.2, 0.25) is 0 Å². The first-order valence-corrected chi connectivity index (χ1v) is 10.6. The number of benzene rings is 1. The third-order valence-corrected chi connectivity index (χ3v) is 5.57. The minimum Gasteiger partial charge on any atom is -0.478 e. The van der Waals surface area contributed by atoms with Crippen LogP contribution in [0.3, 0.4) is 0 Å². The van der Waals surface area contributed by atoms with E-state index in [1.54, 1.807) is 24.3 Å². The molecule has 2 aromatic heterocycles. The van der Waals surface area contributed by atoms with Crippen LogP contribution in [0.4, 0.5) is 15.9 Å². The molecule has 0 bridgehead atoms. The highest BCUT2D eigenvalue weighted by Crippen LogP contribution is 2.31. The Labute approximate surface area is 173 Å². The largest absolute Gasteiger partial charge is 0.478 e. The second-order valence-corrected chi connectivity index (χ2v) is 7.72. The van der Waals surface area contributed by atoms with Gasteiger partial charge in [0.2, 0.25) is 0 Å². The molecule has 0 saturated carbocycles. The SMILES string of the molecule is CCCc1cc(C(=O)O)ccc1Nc1nc(-c2ccc(F)s2)nc(CC)c1CC. The molecule has 0 atom stereocenters. The topological polar surface area (TPSA) is 75.1 Å². The Hall–Kier alpha value is -2.80. The molecule has 3 rings (SSSR count). The Balaban J connectivity index is 2.09. The van der Waals surface area contributed by atoms with Crippen LogP contribution >= 0.6 is 11.3 Å². The Kier molecular flexibility index (Phi) is 6.59. The quantitative estimate of drug-likeness (QED) is 0.483. The van der Waals surface area contributed by atoms with Gasteiger partial charge in [-0.3, -0.25) is 0 Å². The van der Waals surface area contributed by atoms with Gasteiger partial charge in [-0.2, -0.15) is 4.39 Å². The minimum atomic E-state index is -0.944. The van der Waals surface area contributed by atoms with E-state index in [1.165, 1.54) is 6.07 Å². The molecule has 0 saturated heterocycles. The number of carboxylic acid groups (broad SMARTS) is 1. The van der Waals surface area contributed by atoms with Gasteiger partial charge < -0.3 is 10.4 Å². The molecule has 0 amide bonds. The van der Waals surface area contributed by atoms with Crippen molar-refractivity contribution in [2.75, 3.05) is 5.32 Å². The molecule has 1 aromatic carbocycles. The molecule has 0 aliphatic rings. The number of carbonyl (C=O) groups is 1. The van der Waals surface area contributed by atoms with Gasteiger partial charge in [0, 0.05) is 16.9 Å². The van der Waals surface area contributed by atoms with E-state index in [1.807, 2.05) is 13.8 Å². The number of carboxylic acids is 1. The molecular weight excluding hydrogens is 389 g/mol. The Morgan fingerprint density at radius 1 is 1.14 bits per heavy atom. The summed E-state index contributed by atoms with van der Waals surface area (Å²) in [6.07, 6.45) is 3.13. The molecule has 29 heavy (non-hydrogen) atoms. The van der Waals surface area contributed by atoms with E-state index in [-0.39, 0.29) is 10.7 Å². The van der Waals surface area contributed by atoms with E-state index in [0.29, 0.717) is 16.5 Å². The number of hydrogen-bond acceptors (Lipinski definition) is 5. The number of anilines is 2. The van der Waals surface area contributed by atoms with E-state index in [0.717, 1.165) is 59.5 Å². The third-order valence-electron chi connectivity index (χ3n) is 4.70. The molecule has 2 N–H and O–H groups in total. The summed E-state index contributed by atoms with van der Waals surface area (Å²) in [7, 11) is 0. The van der Waals surface area contributed by atoms with Gasteiger partial charge in [0.25, 0.3) is 0 Å². The van der Waals surface area contributed by atoms with E-state index < -0.39 is 5.97 Å². The summed E-state index contributed by atoms with van der Waals surface area (Å²) in [6, 6.07) is 8.18. The van der Waals surface area contributed by atoms with Crippen molar-refractivity contribution in [3.8, 4) is 10.7 Å². The lowest BCUT2D eigenvalue weighted by Gasteiger charge is -2.17. The molecule has 5 nitrogen and oxygen atoms in total. The van der Waals surface area contributed by atoms with Crippen molar-refractivity contribution in [2.24, 2.45) is 0 Å². The first-order valence-electron chi connectivity index (χ1n) is 9.75. The number of halogens is 1. The number of thiophene rings is 1. The molecule has 0 radical (unpaired) electrons. The van der Waals surface area contributed by atoms with Crippen LogP contribution in [0.5, 0.6) is 0 Å². The van der Waals surface area contributed by atoms with E-state index >= 15 is 0 Å². The lowest BCUT2D eigenvalue weighted by atomic mass is 10.0. The molecule has 3 aromatic rings. The maximum Gasteiger partial charge on any atom is 0.335 e. The second kappa shape index (κ2) is 9.13. The van der Waals surface area contributed by atoms with Crippen molar-refractivity contribution in [1.29, 1.82) is 0 Å². The van der Waals surface area contributed by atoms with Crippen LogP contribution in [0.15, 0.2) is 30.3 Å². The zero-order valence-corrected chi connectivity index (χ0v) is 17.6. The van der Waals surface area contributed by atoms with Crippen molar-refractivity contribution < 1.29 is 14.3 Å². The fourth-order valence-electron chi connectivity index (χ4n) is 3.29. The third kappa shape index (κ3) is 4.62. The Bertz CT molecular complexity index is 1030. The zero-order valence-electron chi connectivity index (χ0n) is 16.8. The first-order chi connectivity index (χ1) is 14.0. The number of hydrogen-bond donors (Lipinski definition) is 2. The van der Waals surface area contributed by atoms with E-state index in [2.05, 4.69) is 17.2 Å². The minimum absolute atomic E-state index is 0.265. The first kappa shape index (κ1) is 20.9. The van der Waals surface area contributed by atoms with Crippen LogP contribution in [-0.4, -0.2) is 21.0 Å². The van der Waals surface area contributed by atoms with E-state index in [9.17, 15) is 14.3 Å². The van der Waals surface area contributed by atoms with Gasteiger partial charge in [0.15, 0.2) is 11.0 Å². The van der Waals surface area contributed by atoms with Crippen molar-refractivity contribution in [3.05, 3.63) is 57.8 Å². The van der Waals surface area contributed by atoms with Gasteiger partial charge in [-0.15, -0.1) is 11.3 Å². The van der Waals surface area contributed by atoms with E-state index in [4.69, 9.17) is 4.98 Å². The molecule has 2 heterocycles. The number of aryl methyl sites for hydroxylation is 2. The summed E-state index contributed by atoms with van der Waals surface area (Å²) in [5.41, 5.74) is 3.96. The normalized spacial score (nSPS) is 10.9. The number of aromatic nitrogens is 2. The van der Waals surface area contributed by atoms with Crippen LogP contribution in [0.25, 0.3) is 10.7 Å². The van der Waals surface area contributed by atoms with Crippen LogP contribution in [0.1, 0.15) is 54.4 Å². The van der Waals surface area contributed by atoms with Crippen molar-refractivity contribution in [2.45, 2.75) is 46.5 Å². The van der Waals surface area contributed by atoms with Gasteiger partial charge in [-0.25, -0.2) is 14.8 Å². The number of nitrogens with one attached hydrogen (secondary N) is 1. The van der Waals surface area contributed by atoms with Crippen LogP contribution < -0.4 is 5.32 Å². The molecule has 0 fully saturated rings. The van der Waals surface area contributed by atoms with Crippen molar-refractivity contribution in [1.82, 2.24) is 9.97 Å². The predicted molar refractivity (Wildman–Crippen MR) is 115 cm³/mol. The summed E-state index contributed by atoms with van der Waals surface area (Å²) >= 11 is 1.02. The van der Waals surface area contributed by atoms with Crippen molar-refractivity contribution >= 4 is 28.8 Å². The highest BCUT2D eigenvalue weighted by molar-refractivity contribution is 7.13. The van der Waals surface area contributed by atoms with Gasteiger partial charge >= 0.3 is 5.97 Å². The second-order valence-electron chi connectivity index (χ2n) is 6.68. The maximum atomic E-state index is 13.5. The van der Waals surface area contributed by atoms with Gasteiger partial charge in [0.05, 0.1) is 10.4 Å². The smallest absolute Gasteiger partial charge is 0.335 e. The number of aromatic carboxylic acids is 1. The average molecular weight is 414 g/mol.